The van der Waals surface area contributed by atoms with Crippen molar-refractivity contribution < 1.29 is 27.5 Å². The van der Waals surface area contributed by atoms with Gasteiger partial charge in [0.1, 0.15) is 30.1 Å². The second kappa shape index (κ2) is 13.8. The molecule has 0 fully saturated rings. The number of rotatable bonds is 13. The first-order chi connectivity index (χ1) is 21.2. The van der Waals surface area contributed by atoms with Crippen molar-refractivity contribution in [3.8, 4) is 5.75 Å². The number of carbonyl (C=O) groups is 2. The van der Waals surface area contributed by atoms with Crippen LogP contribution in [0, 0.1) is 0 Å². The van der Waals surface area contributed by atoms with Crippen molar-refractivity contribution >= 4 is 43.5 Å². The molecule has 0 aliphatic carbocycles. The zero-order chi connectivity index (χ0) is 31.1. The average Bonchev–Trinajstić information content (AvgIpc) is 3.67. The summed E-state index contributed by atoms with van der Waals surface area (Å²) in [5, 5.41) is 16.5. The van der Waals surface area contributed by atoms with Gasteiger partial charge in [-0.05, 0) is 36.2 Å². The van der Waals surface area contributed by atoms with E-state index >= 15 is 0 Å². The molecule has 0 saturated carbocycles. The highest BCUT2D eigenvalue weighted by molar-refractivity contribution is 7.91. The number of benzene rings is 3. The molecule has 5 rings (SSSR count). The van der Waals surface area contributed by atoms with Crippen LogP contribution in [0.4, 0.5) is 0 Å². The summed E-state index contributed by atoms with van der Waals surface area (Å²) in [6.45, 7) is 1.93. The number of nitrogens with two attached hydrogens (primary N) is 1. The number of hydrogen-bond donors (Lipinski definition) is 2. The van der Waals surface area contributed by atoms with E-state index in [-0.39, 0.29) is 24.0 Å². The number of fused-ring (bicyclic) bond motifs is 1. The minimum atomic E-state index is -3.91. The molecule has 5 aromatic rings. The SMILES string of the molecule is CCOC(=O)C(Cc1ccccc1)NC(=O)C(Cc1ccccc1)n1cc(COc2ccc3nc(S(N)(=O)=O)sc3c2)nn1. The number of carbonyl (C=O) groups excluding carboxylic acids is 2. The van der Waals surface area contributed by atoms with Gasteiger partial charge in [0.05, 0.1) is 23.0 Å². The first-order valence-electron chi connectivity index (χ1n) is 13.7. The maximum absolute atomic E-state index is 13.7. The third kappa shape index (κ3) is 7.83. The smallest absolute Gasteiger partial charge is 0.328 e. The maximum atomic E-state index is 13.7. The molecule has 2 heterocycles. The first kappa shape index (κ1) is 30.8. The quantitative estimate of drug-likeness (QED) is 0.185. The Morgan fingerprint density at radius 1 is 1.00 bits per heavy atom. The number of nitrogens with one attached hydrogen (secondary N) is 1. The molecule has 1 amide bonds. The van der Waals surface area contributed by atoms with Gasteiger partial charge in [0, 0.05) is 12.8 Å². The van der Waals surface area contributed by atoms with Crippen molar-refractivity contribution in [2.45, 2.75) is 42.8 Å². The second-order valence-corrected chi connectivity index (χ2v) is 12.6. The number of primary sulfonamides is 1. The Labute approximate surface area is 257 Å². The summed E-state index contributed by atoms with van der Waals surface area (Å²) in [6, 6.07) is 22.1. The topological polar surface area (TPSA) is 168 Å². The number of thiazole rings is 1. The van der Waals surface area contributed by atoms with Crippen LogP contribution < -0.4 is 15.2 Å². The molecule has 12 nitrogen and oxygen atoms in total. The fraction of sp³-hybridized carbons (Fsp3) is 0.233. The van der Waals surface area contributed by atoms with Crippen molar-refractivity contribution in [2.24, 2.45) is 5.14 Å². The highest BCUT2D eigenvalue weighted by atomic mass is 32.2. The van der Waals surface area contributed by atoms with E-state index in [1.54, 1.807) is 31.3 Å². The summed E-state index contributed by atoms with van der Waals surface area (Å²) in [5.41, 5.74) is 2.72. The predicted octanol–water partition coefficient (Wildman–Crippen LogP) is 3.19. The second-order valence-electron chi connectivity index (χ2n) is 9.84. The number of aromatic nitrogens is 4. The monoisotopic (exact) mass is 634 g/mol. The van der Waals surface area contributed by atoms with E-state index in [4.69, 9.17) is 14.6 Å². The number of hydrogen-bond acceptors (Lipinski definition) is 10. The zero-order valence-corrected chi connectivity index (χ0v) is 25.3. The number of ether oxygens (including phenoxy) is 2. The van der Waals surface area contributed by atoms with Crippen molar-refractivity contribution in [3.05, 3.63) is 102 Å². The van der Waals surface area contributed by atoms with Crippen molar-refractivity contribution in [3.63, 3.8) is 0 Å². The zero-order valence-electron chi connectivity index (χ0n) is 23.7. The van der Waals surface area contributed by atoms with E-state index in [1.165, 1.54) is 4.68 Å². The molecule has 44 heavy (non-hydrogen) atoms. The van der Waals surface area contributed by atoms with E-state index in [9.17, 15) is 18.0 Å². The van der Waals surface area contributed by atoms with E-state index in [0.717, 1.165) is 22.5 Å². The highest BCUT2D eigenvalue weighted by Crippen LogP contribution is 2.28. The lowest BCUT2D eigenvalue weighted by Gasteiger charge is -2.22. The van der Waals surface area contributed by atoms with Crippen LogP contribution in [-0.4, -0.2) is 52.9 Å². The van der Waals surface area contributed by atoms with Crippen molar-refractivity contribution in [2.75, 3.05) is 6.61 Å². The minimum Gasteiger partial charge on any atom is -0.487 e. The van der Waals surface area contributed by atoms with E-state index in [2.05, 4.69) is 20.6 Å². The van der Waals surface area contributed by atoms with Crippen LogP contribution in [0.3, 0.4) is 0 Å². The summed E-state index contributed by atoms with van der Waals surface area (Å²) in [6.07, 6.45) is 2.18. The standard InChI is InChI=1S/C30H30N6O6S2/c1-2-41-29(38)25(15-20-9-5-3-6-10-20)32-28(37)26(16-21-11-7-4-8-12-21)36-18-22(34-35-36)19-42-23-13-14-24-27(17-23)43-30(33-24)44(31,39)40/h3-14,17-18,25-26H,2,15-16,19H2,1H3,(H,32,37)(H2,31,39,40). The summed E-state index contributed by atoms with van der Waals surface area (Å²) in [5.74, 6) is -0.472. The lowest BCUT2D eigenvalue weighted by molar-refractivity contribution is -0.147. The first-order valence-corrected chi connectivity index (χ1v) is 16.1. The third-order valence-electron chi connectivity index (χ3n) is 6.59. The Bertz CT molecular complexity index is 1840. The third-order valence-corrected chi connectivity index (χ3v) is 8.93. The molecule has 2 unspecified atom stereocenters. The van der Waals surface area contributed by atoms with Gasteiger partial charge in [-0.3, -0.25) is 4.79 Å². The Morgan fingerprint density at radius 2 is 1.68 bits per heavy atom. The van der Waals surface area contributed by atoms with Gasteiger partial charge < -0.3 is 14.8 Å². The van der Waals surface area contributed by atoms with E-state index in [0.29, 0.717) is 28.1 Å². The van der Waals surface area contributed by atoms with Crippen LogP contribution in [-0.2, 0) is 43.8 Å². The predicted molar refractivity (Wildman–Crippen MR) is 163 cm³/mol. The summed E-state index contributed by atoms with van der Waals surface area (Å²) in [7, 11) is -3.91. The number of esters is 1. The van der Waals surface area contributed by atoms with Crippen LogP contribution in [0.15, 0.2) is 89.4 Å². The summed E-state index contributed by atoms with van der Waals surface area (Å²) >= 11 is 0.949. The minimum absolute atomic E-state index is 0.0332. The Hall–Kier alpha value is -4.66. The molecule has 228 valence electrons. The molecule has 3 N–H and O–H groups in total. The van der Waals surface area contributed by atoms with Crippen LogP contribution in [0.2, 0.25) is 0 Å². The average molecular weight is 635 g/mol. The fourth-order valence-corrected chi connectivity index (χ4v) is 6.17. The van der Waals surface area contributed by atoms with Gasteiger partial charge in [-0.25, -0.2) is 28.0 Å². The summed E-state index contributed by atoms with van der Waals surface area (Å²) < 4.78 is 36.3. The van der Waals surface area contributed by atoms with E-state index < -0.39 is 34.0 Å². The van der Waals surface area contributed by atoms with Gasteiger partial charge in [0.15, 0.2) is 0 Å². The molecule has 14 heteroatoms. The van der Waals surface area contributed by atoms with Crippen molar-refractivity contribution in [1.82, 2.24) is 25.3 Å². The lowest BCUT2D eigenvalue weighted by Crippen LogP contribution is -2.46. The number of nitrogens with zero attached hydrogens (tertiary/aromatic N) is 4. The molecular weight excluding hydrogens is 605 g/mol. The molecular formula is C30H30N6O6S2. The number of sulfonamides is 1. The van der Waals surface area contributed by atoms with Crippen LogP contribution in [0.25, 0.3) is 10.2 Å². The van der Waals surface area contributed by atoms with Crippen LogP contribution >= 0.6 is 11.3 Å². The maximum Gasteiger partial charge on any atom is 0.328 e. The molecule has 3 aromatic carbocycles. The van der Waals surface area contributed by atoms with Gasteiger partial charge in [-0.15, -0.1) is 16.4 Å². The van der Waals surface area contributed by atoms with Gasteiger partial charge in [0.25, 0.3) is 10.0 Å². The largest absolute Gasteiger partial charge is 0.487 e. The molecule has 2 aromatic heterocycles. The normalized spacial score (nSPS) is 12.9. The van der Waals surface area contributed by atoms with Crippen molar-refractivity contribution in [1.29, 1.82) is 0 Å². The lowest BCUT2D eigenvalue weighted by atomic mass is 10.0. The van der Waals surface area contributed by atoms with Gasteiger partial charge in [-0.1, -0.05) is 65.9 Å². The van der Waals surface area contributed by atoms with Gasteiger partial charge in [0.2, 0.25) is 10.2 Å². The van der Waals surface area contributed by atoms with Gasteiger partial charge in [-0.2, -0.15) is 0 Å². The molecule has 2 atom stereocenters. The van der Waals surface area contributed by atoms with Crippen LogP contribution in [0.5, 0.6) is 5.75 Å². The highest BCUT2D eigenvalue weighted by Gasteiger charge is 2.29. The fourth-order valence-electron chi connectivity index (χ4n) is 4.48. The molecule has 0 spiro atoms. The number of amides is 1. The molecule has 0 radical (unpaired) electrons. The molecule has 0 bridgehead atoms. The Balaban J connectivity index is 1.33. The summed E-state index contributed by atoms with van der Waals surface area (Å²) in [4.78, 5) is 30.6. The Kier molecular flexibility index (Phi) is 9.62. The molecule has 0 aliphatic heterocycles. The molecule has 0 saturated heterocycles. The van der Waals surface area contributed by atoms with Crippen LogP contribution in [0.1, 0.15) is 29.8 Å². The van der Waals surface area contributed by atoms with Gasteiger partial charge >= 0.3 is 5.97 Å². The Morgan fingerprint density at radius 3 is 2.34 bits per heavy atom. The van der Waals surface area contributed by atoms with E-state index in [1.807, 2.05) is 60.7 Å². The molecule has 0 aliphatic rings.